The van der Waals surface area contributed by atoms with Crippen molar-refractivity contribution in [3.63, 3.8) is 0 Å². The highest BCUT2D eigenvalue weighted by atomic mass is 16.2. The normalized spacial score (nSPS) is 24.4. The molecule has 2 rings (SSSR count). The van der Waals surface area contributed by atoms with E-state index in [0.717, 1.165) is 32.5 Å². The number of carbonyl (C=O) groups is 2. The van der Waals surface area contributed by atoms with E-state index < -0.39 is 0 Å². The molecule has 0 bridgehead atoms. The lowest BCUT2D eigenvalue weighted by Crippen LogP contribution is -2.40. The fraction of sp³-hybridized carbons (Fsp3) is 0.833. The van der Waals surface area contributed by atoms with Gasteiger partial charge in [0, 0.05) is 19.4 Å². The Bertz CT molecular complexity index is 267. The number of amides is 2. The number of imide groups is 1. The van der Waals surface area contributed by atoms with Gasteiger partial charge in [0.25, 0.3) is 0 Å². The first-order chi connectivity index (χ1) is 7.70. The van der Waals surface area contributed by atoms with Crippen molar-refractivity contribution in [2.75, 3.05) is 26.2 Å². The zero-order valence-electron chi connectivity index (χ0n) is 9.95. The number of hydrogen-bond donors (Lipinski definition) is 0. The zero-order chi connectivity index (χ0) is 11.5. The first-order valence-electron chi connectivity index (χ1n) is 6.26. The smallest absolute Gasteiger partial charge is 0.229 e. The monoisotopic (exact) mass is 224 g/mol. The lowest BCUT2D eigenvalue weighted by molar-refractivity contribution is -0.139. The van der Waals surface area contributed by atoms with Crippen LogP contribution in [0.4, 0.5) is 0 Å². The van der Waals surface area contributed by atoms with Crippen molar-refractivity contribution in [1.82, 2.24) is 9.80 Å². The topological polar surface area (TPSA) is 40.6 Å². The lowest BCUT2D eigenvalue weighted by Gasteiger charge is -2.32. The SMILES string of the molecule is CCN1CCC(CN2C(=O)CCC2=O)CC1. The van der Waals surface area contributed by atoms with Crippen LogP contribution < -0.4 is 0 Å². The Morgan fingerprint density at radius 2 is 1.69 bits per heavy atom. The Morgan fingerprint density at radius 3 is 2.19 bits per heavy atom. The van der Waals surface area contributed by atoms with Crippen molar-refractivity contribution < 1.29 is 9.59 Å². The maximum atomic E-state index is 11.5. The van der Waals surface area contributed by atoms with Crippen molar-refractivity contribution in [1.29, 1.82) is 0 Å². The van der Waals surface area contributed by atoms with Crippen LogP contribution in [-0.4, -0.2) is 47.8 Å². The quantitative estimate of drug-likeness (QED) is 0.668. The van der Waals surface area contributed by atoms with Gasteiger partial charge in [-0.3, -0.25) is 14.5 Å². The number of nitrogens with zero attached hydrogens (tertiary/aromatic N) is 2. The number of piperidine rings is 1. The van der Waals surface area contributed by atoms with Crippen LogP contribution in [0.15, 0.2) is 0 Å². The van der Waals surface area contributed by atoms with E-state index in [1.807, 2.05) is 0 Å². The molecule has 0 aromatic carbocycles. The standard InChI is InChI=1S/C12H20N2O2/c1-2-13-7-5-10(6-8-13)9-14-11(15)3-4-12(14)16/h10H,2-9H2,1H3. The highest BCUT2D eigenvalue weighted by Gasteiger charge is 2.31. The van der Waals surface area contributed by atoms with Crippen LogP contribution >= 0.6 is 0 Å². The van der Waals surface area contributed by atoms with Crippen LogP contribution in [0.2, 0.25) is 0 Å². The van der Waals surface area contributed by atoms with Crippen LogP contribution in [0.1, 0.15) is 32.6 Å². The summed E-state index contributed by atoms with van der Waals surface area (Å²) in [6.07, 6.45) is 3.08. The second-order valence-electron chi connectivity index (χ2n) is 4.78. The summed E-state index contributed by atoms with van der Waals surface area (Å²) < 4.78 is 0. The molecule has 0 saturated carbocycles. The molecule has 2 heterocycles. The van der Waals surface area contributed by atoms with Gasteiger partial charge in [-0.15, -0.1) is 0 Å². The third-order valence-electron chi connectivity index (χ3n) is 3.75. The molecule has 0 unspecified atom stereocenters. The van der Waals surface area contributed by atoms with Gasteiger partial charge in [0.15, 0.2) is 0 Å². The maximum absolute atomic E-state index is 11.5. The molecule has 0 aromatic heterocycles. The van der Waals surface area contributed by atoms with Gasteiger partial charge in [-0.05, 0) is 38.4 Å². The minimum Gasteiger partial charge on any atom is -0.304 e. The maximum Gasteiger partial charge on any atom is 0.229 e. The molecule has 0 radical (unpaired) electrons. The van der Waals surface area contributed by atoms with Gasteiger partial charge < -0.3 is 4.90 Å². The van der Waals surface area contributed by atoms with Crippen LogP contribution in [-0.2, 0) is 9.59 Å². The fourth-order valence-electron chi connectivity index (χ4n) is 2.57. The Balaban J connectivity index is 1.82. The summed E-state index contributed by atoms with van der Waals surface area (Å²) in [6.45, 7) is 6.16. The molecule has 16 heavy (non-hydrogen) atoms. The average molecular weight is 224 g/mol. The Hall–Kier alpha value is -0.900. The third kappa shape index (κ3) is 2.43. The fourth-order valence-corrected chi connectivity index (χ4v) is 2.57. The molecular weight excluding hydrogens is 204 g/mol. The zero-order valence-corrected chi connectivity index (χ0v) is 9.95. The van der Waals surface area contributed by atoms with E-state index in [1.165, 1.54) is 4.90 Å². The molecular formula is C12H20N2O2. The van der Waals surface area contributed by atoms with E-state index in [1.54, 1.807) is 0 Å². The second-order valence-corrected chi connectivity index (χ2v) is 4.78. The van der Waals surface area contributed by atoms with Crippen molar-refractivity contribution in [2.45, 2.75) is 32.6 Å². The van der Waals surface area contributed by atoms with Gasteiger partial charge in [0.1, 0.15) is 0 Å². The molecule has 0 N–H and O–H groups in total. The number of hydrogen-bond acceptors (Lipinski definition) is 3. The number of rotatable bonds is 3. The molecule has 2 aliphatic heterocycles. The lowest BCUT2D eigenvalue weighted by atomic mass is 9.96. The predicted octanol–water partition coefficient (Wildman–Crippen LogP) is 0.867. The second kappa shape index (κ2) is 4.95. The molecule has 0 spiro atoms. The minimum absolute atomic E-state index is 0.0305. The summed E-state index contributed by atoms with van der Waals surface area (Å²) in [5.41, 5.74) is 0. The predicted molar refractivity (Wildman–Crippen MR) is 60.8 cm³/mol. The molecule has 0 aromatic rings. The van der Waals surface area contributed by atoms with Gasteiger partial charge in [0.2, 0.25) is 11.8 Å². The largest absolute Gasteiger partial charge is 0.304 e. The molecule has 4 nitrogen and oxygen atoms in total. The van der Waals surface area contributed by atoms with Gasteiger partial charge in [-0.2, -0.15) is 0 Å². The average Bonchev–Trinajstić information content (AvgIpc) is 2.62. The summed E-state index contributed by atoms with van der Waals surface area (Å²) in [5, 5.41) is 0. The molecule has 4 heteroatoms. The molecule has 2 fully saturated rings. The summed E-state index contributed by atoms with van der Waals surface area (Å²) in [5.74, 6) is 0.583. The summed E-state index contributed by atoms with van der Waals surface area (Å²) in [7, 11) is 0. The molecule has 2 amide bonds. The van der Waals surface area contributed by atoms with E-state index >= 15 is 0 Å². The van der Waals surface area contributed by atoms with E-state index in [0.29, 0.717) is 25.3 Å². The highest BCUT2D eigenvalue weighted by molar-refractivity contribution is 6.01. The molecule has 90 valence electrons. The van der Waals surface area contributed by atoms with Crippen molar-refractivity contribution in [3.8, 4) is 0 Å². The van der Waals surface area contributed by atoms with Crippen LogP contribution in [0, 0.1) is 5.92 Å². The van der Waals surface area contributed by atoms with Crippen molar-refractivity contribution in [2.24, 2.45) is 5.92 Å². The van der Waals surface area contributed by atoms with Crippen LogP contribution in [0.5, 0.6) is 0 Å². The minimum atomic E-state index is 0.0305. The third-order valence-corrected chi connectivity index (χ3v) is 3.75. The summed E-state index contributed by atoms with van der Waals surface area (Å²) in [4.78, 5) is 26.8. The van der Waals surface area contributed by atoms with E-state index in [9.17, 15) is 9.59 Å². The van der Waals surface area contributed by atoms with E-state index in [-0.39, 0.29) is 11.8 Å². The number of likely N-dealkylation sites (tertiary alicyclic amines) is 2. The van der Waals surface area contributed by atoms with Gasteiger partial charge in [-0.1, -0.05) is 6.92 Å². The Labute approximate surface area is 96.6 Å². The molecule has 2 saturated heterocycles. The van der Waals surface area contributed by atoms with Crippen LogP contribution in [0.25, 0.3) is 0 Å². The Kier molecular flexibility index (Phi) is 3.59. The van der Waals surface area contributed by atoms with Gasteiger partial charge in [0.05, 0.1) is 0 Å². The molecule has 2 aliphatic rings. The first-order valence-corrected chi connectivity index (χ1v) is 6.26. The first kappa shape index (κ1) is 11.6. The van der Waals surface area contributed by atoms with E-state index in [4.69, 9.17) is 0 Å². The van der Waals surface area contributed by atoms with Crippen molar-refractivity contribution >= 4 is 11.8 Å². The molecule has 0 aliphatic carbocycles. The number of carbonyl (C=O) groups excluding carboxylic acids is 2. The Morgan fingerprint density at radius 1 is 1.12 bits per heavy atom. The molecule has 0 atom stereocenters. The summed E-state index contributed by atoms with van der Waals surface area (Å²) >= 11 is 0. The van der Waals surface area contributed by atoms with Crippen molar-refractivity contribution in [3.05, 3.63) is 0 Å². The van der Waals surface area contributed by atoms with Crippen LogP contribution in [0.3, 0.4) is 0 Å². The van der Waals surface area contributed by atoms with E-state index in [2.05, 4.69) is 11.8 Å². The summed E-state index contributed by atoms with van der Waals surface area (Å²) in [6, 6.07) is 0. The highest BCUT2D eigenvalue weighted by Crippen LogP contribution is 2.21. The van der Waals surface area contributed by atoms with Gasteiger partial charge >= 0.3 is 0 Å². The van der Waals surface area contributed by atoms with Gasteiger partial charge in [-0.25, -0.2) is 0 Å².